The summed E-state index contributed by atoms with van der Waals surface area (Å²) in [6, 6.07) is 0. The molecule has 0 bridgehead atoms. The molecule has 118 valence electrons. The van der Waals surface area contributed by atoms with Gasteiger partial charge in [-0.15, -0.1) is 0 Å². The molecule has 1 fully saturated rings. The monoisotopic (exact) mass is 304 g/mol. The Hall–Kier alpha value is -0.620. The lowest BCUT2D eigenvalue weighted by atomic mass is 9.74. The Morgan fingerprint density at radius 2 is 1.90 bits per heavy atom. The van der Waals surface area contributed by atoms with E-state index in [1.165, 1.54) is 6.26 Å². The topological polar surface area (TPSA) is 75.3 Å². The highest BCUT2D eigenvalue weighted by atomic mass is 32.2. The highest BCUT2D eigenvalue weighted by Crippen LogP contribution is 2.32. The molecule has 0 aliphatic carbocycles. The first-order valence-electron chi connectivity index (χ1n) is 7.17. The van der Waals surface area contributed by atoms with Gasteiger partial charge < -0.3 is 10.6 Å². The zero-order valence-electron chi connectivity index (χ0n) is 13.2. The fraction of sp³-hybridized carbons (Fsp3) is 0.929. The van der Waals surface area contributed by atoms with Crippen LogP contribution in [0.15, 0.2) is 0 Å². The summed E-state index contributed by atoms with van der Waals surface area (Å²) in [4.78, 5) is 12.4. The molecule has 2 N–H and O–H groups in total. The molecule has 0 aromatic rings. The van der Waals surface area contributed by atoms with E-state index in [9.17, 15) is 13.2 Å². The average Bonchev–Trinajstić information content (AvgIpc) is 2.35. The minimum absolute atomic E-state index is 0.0667. The Labute approximate surface area is 122 Å². The van der Waals surface area contributed by atoms with Crippen molar-refractivity contribution in [2.75, 3.05) is 25.9 Å². The fourth-order valence-electron chi connectivity index (χ4n) is 2.31. The number of rotatable bonds is 5. The molecule has 5 nitrogen and oxygen atoms in total. The molecular formula is C14H28N2O3S. The molecule has 0 saturated carbocycles. The van der Waals surface area contributed by atoms with Crippen LogP contribution in [0.5, 0.6) is 0 Å². The predicted octanol–water partition coefficient (Wildman–Crippen LogP) is 0.952. The van der Waals surface area contributed by atoms with E-state index in [0.29, 0.717) is 0 Å². The normalized spacial score (nSPS) is 21.6. The first-order valence-corrected chi connectivity index (χ1v) is 9.06. The summed E-state index contributed by atoms with van der Waals surface area (Å²) < 4.78 is 22.4. The van der Waals surface area contributed by atoms with Crippen molar-refractivity contribution in [2.24, 2.45) is 11.3 Å². The standard InChI is InChI=1S/C14H28N2O3S/c1-13(2,20(5,18)19)10-16-12(17)14(3,4)11-7-6-8-15-9-11/h11,15H,6-10H2,1-5H3,(H,16,17). The number of hydrogen-bond acceptors (Lipinski definition) is 4. The molecule has 0 aromatic heterocycles. The van der Waals surface area contributed by atoms with Gasteiger partial charge in [-0.1, -0.05) is 13.8 Å². The van der Waals surface area contributed by atoms with Gasteiger partial charge in [-0.05, 0) is 45.7 Å². The van der Waals surface area contributed by atoms with Gasteiger partial charge in [-0.25, -0.2) is 8.42 Å². The van der Waals surface area contributed by atoms with Gasteiger partial charge in [0, 0.05) is 18.2 Å². The fourth-order valence-corrected chi connectivity index (χ4v) is 2.64. The summed E-state index contributed by atoms with van der Waals surface area (Å²) in [5.74, 6) is 0.223. The van der Waals surface area contributed by atoms with E-state index in [1.54, 1.807) is 13.8 Å². The third kappa shape index (κ3) is 3.95. The molecule has 1 atom stereocenters. The first kappa shape index (κ1) is 17.4. The molecule has 0 spiro atoms. The van der Waals surface area contributed by atoms with Crippen LogP contribution < -0.4 is 10.6 Å². The second kappa shape index (κ2) is 6.02. The van der Waals surface area contributed by atoms with Gasteiger partial charge in [-0.3, -0.25) is 4.79 Å². The van der Waals surface area contributed by atoms with Crippen LogP contribution in [0.2, 0.25) is 0 Å². The molecule has 0 aromatic carbocycles. The minimum atomic E-state index is -3.20. The largest absolute Gasteiger partial charge is 0.354 e. The van der Waals surface area contributed by atoms with Crippen LogP contribution in [-0.2, 0) is 14.6 Å². The molecule has 1 saturated heterocycles. The van der Waals surface area contributed by atoms with Gasteiger partial charge in [0.15, 0.2) is 9.84 Å². The second-order valence-electron chi connectivity index (χ2n) is 6.98. The van der Waals surface area contributed by atoms with E-state index in [0.717, 1.165) is 25.9 Å². The van der Waals surface area contributed by atoms with Gasteiger partial charge in [-0.2, -0.15) is 0 Å². The van der Waals surface area contributed by atoms with Crippen molar-refractivity contribution in [3.05, 3.63) is 0 Å². The van der Waals surface area contributed by atoms with Crippen molar-refractivity contribution in [1.29, 1.82) is 0 Å². The molecule has 1 amide bonds. The zero-order valence-corrected chi connectivity index (χ0v) is 14.1. The van der Waals surface area contributed by atoms with E-state index in [4.69, 9.17) is 0 Å². The van der Waals surface area contributed by atoms with E-state index in [1.807, 2.05) is 13.8 Å². The Kier molecular flexibility index (Phi) is 5.24. The summed E-state index contributed by atoms with van der Waals surface area (Å²) in [6.45, 7) is 9.15. The smallest absolute Gasteiger partial charge is 0.226 e. The quantitative estimate of drug-likeness (QED) is 0.793. The Morgan fingerprint density at radius 3 is 2.35 bits per heavy atom. The van der Waals surface area contributed by atoms with Crippen molar-refractivity contribution in [2.45, 2.75) is 45.3 Å². The SMILES string of the molecule is CC(C)(C(=O)NCC(C)(C)S(C)(=O)=O)C1CCCNC1. The Balaban J connectivity index is 2.66. The highest BCUT2D eigenvalue weighted by molar-refractivity contribution is 7.92. The van der Waals surface area contributed by atoms with Crippen LogP contribution in [-0.4, -0.2) is 45.0 Å². The number of carbonyl (C=O) groups is 1. The van der Waals surface area contributed by atoms with Crippen molar-refractivity contribution in [3.63, 3.8) is 0 Å². The summed E-state index contributed by atoms with van der Waals surface area (Å²) in [5, 5.41) is 6.14. The summed E-state index contributed by atoms with van der Waals surface area (Å²) >= 11 is 0. The summed E-state index contributed by atoms with van der Waals surface area (Å²) in [7, 11) is -3.20. The van der Waals surface area contributed by atoms with Crippen LogP contribution in [0.3, 0.4) is 0 Å². The molecule has 1 rings (SSSR count). The van der Waals surface area contributed by atoms with Crippen molar-refractivity contribution < 1.29 is 13.2 Å². The molecule has 6 heteroatoms. The van der Waals surface area contributed by atoms with Crippen LogP contribution in [0.4, 0.5) is 0 Å². The van der Waals surface area contributed by atoms with Crippen molar-refractivity contribution in [1.82, 2.24) is 10.6 Å². The number of piperidine rings is 1. The first-order chi connectivity index (χ1) is 8.98. The molecule has 1 aliphatic rings. The third-order valence-electron chi connectivity index (χ3n) is 4.58. The van der Waals surface area contributed by atoms with E-state index in [2.05, 4.69) is 10.6 Å². The van der Waals surface area contributed by atoms with E-state index < -0.39 is 20.0 Å². The number of sulfone groups is 1. The van der Waals surface area contributed by atoms with Crippen LogP contribution in [0.25, 0.3) is 0 Å². The molecule has 0 radical (unpaired) electrons. The lowest BCUT2D eigenvalue weighted by Gasteiger charge is -2.36. The third-order valence-corrected chi connectivity index (χ3v) is 6.73. The maximum Gasteiger partial charge on any atom is 0.226 e. The van der Waals surface area contributed by atoms with Gasteiger partial charge in [0.2, 0.25) is 5.91 Å². The van der Waals surface area contributed by atoms with Gasteiger partial charge in [0.25, 0.3) is 0 Å². The lowest BCUT2D eigenvalue weighted by Crippen LogP contribution is -2.51. The Morgan fingerprint density at radius 1 is 1.30 bits per heavy atom. The highest BCUT2D eigenvalue weighted by Gasteiger charge is 2.39. The molecule has 20 heavy (non-hydrogen) atoms. The maximum atomic E-state index is 12.4. The molecule has 1 unspecified atom stereocenters. The Bertz CT molecular complexity index is 449. The zero-order chi connectivity index (χ0) is 15.6. The van der Waals surface area contributed by atoms with Crippen LogP contribution in [0, 0.1) is 11.3 Å². The maximum absolute atomic E-state index is 12.4. The average molecular weight is 304 g/mol. The van der Waals surface area contributed by atoms with Gasteiger partial charge in [0.05, 0.1) is 4.75 Å². The number of amides is 1. The van der Waals surface area contributed by atoms with Crippen LogP contribution in [0.1, 0.15) is 40.5 Å². The lowest BCUT2D eigenvalue weighted by molar-refractivity contribution is -0.132. The van der Waals surface area contributed by atoms with E-state index in [-0.39, 0.29) is 18.4 Å². The van der Waals surface area contributed by atoms with Crippen molar-refractivity contribution in [3.8, 4) is 0 Å². The number of hydrogen-bond donors (Lipinski definition) is 2. The summed E-state index contributed by atoms with van der Waals surface area (Å²) in [6.07, 6.45) is 3.31. The molecule has 1 aliphatic heterocycles. The summed E-state index contributed by atoms with van der Waals surface area (Å²) in [5.41, 5.74) is -0.485. The molecule has 1 heterocycles. The van der Waals surface area contributed by atoms with E-state index >= 15 is 0 Å². The van der Waals surface area contributed by atoms with Gasteiger partial charge in [0.1, 0.15) is 0 Å². The van der Waals surface area contributed by atoms with Crippen molar-refractivity contribution >= 4 is 15.7 Å². The predicted molar refractivity (Wildman–Crippen MR) is 81.3 cm³/mol. The molecular weight excluding hydrogens is 276 g/mol. The number of nitrogens with one attached hydrogen (secondary N) is 2. The second-order valence-corrected chi connectivity index (χ2v) is 9.63. The number of carbonyl (C=O) groups excluding carboxylic acids is 1. The van der Waals surface area contributed by atoms with Crippen LogP contribution >= 0.6 is 0 Å². The van der Waals surface area contributed by atoms with Gasteiger partial charge >= 0.3 is 0 Å². The minimum Gasteiger partial charge on any atom is -0.354 e.